The van der Waals surface area contributed by atoms with E-state index in [1.165, 1.54) is 112 Å². The molecule has 0 bridgehead atoms. The predicted molar refractivity (Wildman–Crippen MR) is 167 cm³/mol. The van der Waals surface area contributed by atoms with Crippen molar-refractivity contribution in [3.63, 3.8) is 0 Å². The Morgan fingerprint density at radius 1 is 0.550 bits per heavy atom. The average Bonchev–Trinajstić information content (AvgIpc) is 2.88. The van der Waals surface area contributed by atoms with Gasteiger partial charge in [0.15, 0.2) is 0 Å². The fourth-order valence-electron chi connectivity index (χ4n) is 5.65. The number of halogens is 2. The van der Waals surface area contributed by atoms with Gasteiger partial charge in [0.05, 0.1) is 48.4 Å². The lowest BCUT2D eigenvalue weighted by atomic mass is 10.0. The first kappa shape index (κ1) is 38.7. The lowest BCUT2D eigenvalue weighted by Crippen LogP contribution is -3.00. The van der Waals surface area contributed by atoms with Gasteiger partial charge in [0.25, 0.3) is 0 Å². The maximum absolute atomic E-state index is 5.87. The summed E-state index contributed by atoms with van der Waals surface area (Å²) in [6.07, 6.45) is 16.3. The van der Waals surface area contributed by atoms with Gasteiger partial charge in [-0.1, -0.05) is 102 Å². The van der Waals surface area contributed by atoms with Crippen LogP contribution in [-0.4, -0.2) is 57.4 Å². The second-order valence-corrected chi connectivity index (χ2v) is 12.9. The molecule has 0 aliphatic carbocycles. The van der Waals surface area contributed by atoms with Crippen LogP contribution in [0.4, 0.5) is 0 Å². The molecule has 5 heteroatoms. The quantitative estimate of drug-likeness (QED) is 0.169. The lowest BCUT2D eigenvalue weighted by Gasteiger charge is -2.30. The molecule has 0 aliphatic rings. The van der Waals surface area contributed by atoms with E-state index in [1.807, 2.05) is 0 Å². The van der Waals surface area contributed by atoms with Gasteiger partial charge in [-0.05, 0) is 37.3 Å². The molecule has 0 saturated heterocycles. The number of nitrogens with zero attached hydrogens (tertiary/aromatic N) is 2. The highest BCUT2D eigenvalue weighted by atomic mass is 35.5. The summed E-state index contributed by atoms with van der Waals surface area (Å²) in [5, 5.41) is 0. The Morgan fingerprint density at radius 3 is 1.45 bits per heavy atom. The van der Waals surface area contributed by atoms with Crippen molar-refractivity contribution in [2.75, 3.05) is 48.4 Å². The first-order chi connectivity index (χ1) is 18.2. The van der Waals surface area contributed by atoms with E-state index >= 15 is 0 Å². The minimum absolute atomic E-state index is 0. The maximum Gasteiger partial charge on any atom is 0.127 e. The zero-order valence-electron chi connectivity index (χ0n) is 26.9. The van der Waals surface area contributed by atoms with Crippen LogP contribution >= 0.6 is 0 Å². The standard InChI is InChI=1S/C35H60N2O.2ClH/c1-8-10-12-14-16-18-26-36(3,4)29-31-20-23-33(24-21-31)34-25-22-32(28-35(34)38-7)30-37(5,6)27-19-17-15-13-11-9-2;;/h20-25,28H,8-19,26-27,29-30H2,1-7H3;2*1H/q+2;;/p-2. The minimum atomic E-state index is 0. The molecular formula is C35H60Cl2N2O. The largest absolute Gasteiger partial charge is 1.00 e. The van der Waals surface area contributed by atoms with Crippen LogP contribution in [0.25, 0.3) is 11.1 Å². The fraction of sp³-hybridized carbons (Fsp3) is 0.657. The molecule has 2 aromatic carbocycles. The Morgan fingerprint density at radius 2 is 0.975 bits per heavy atom. The minimum Gasteiger partial charge on any atom is -1.00 e. The summed E-state index contributed by atoms with van der Waals surface area (Å²) in [4.78, 5) is 0. The highest BCUT2D eigenvalue weighted by Gasteiger charge is 2.18. The third-order valence-electron chi connectivity index (χ3n) is 7.99. The van der Waals surface area contributed by atoms with Crippen molar-refractivity contribution in [1.29, 1.82) is 0 Å². The molecule has 0 unspecified atom stereocenters. The fourth-order valence-corrected chi connectivity index (χ4v) is 5.65. The van der Waals surface area contributed by atoms with Gasteiger partial charge in [-0.15, -0.1) is 0 Å². The smallest absolute Gasteiger partial charge is 0.127 e. The van der Waals surface area contributed by atoms with Crippen LogP contribution in [0.15, 0.2) is 42.5 Å². The number of methoxy groups -OCH3 is 1. The molecule has 0 fully saturated rings. The van der Waals surface area contributed by atoms with Crippen LogP contribution in [-0.2, 0) is 13.1 Å². The summed E-state index contributed by atoms with van der Waals surface area (Å²) in [7, 11) is 11.3. The van der Waals surface area contributed by atoms with E-state index in [9.17, 15) is 0 Å². The summed E-state index contributed by atoms with van der Waals surface area (Å²) in [6, 6.07) is 16.0. The summed E-state index contributed by atoms with van der Waals surface area (Å²) in [5.74, 6) is 0.981. The monoisotopic (exact) mass is 594 g/mol. The van der Waals surface area contributed by atoms with Crippen molar-refractivity contribution in [1.82, 2.24) is 0 Å². The predicted octanol–water partition coefficient (Wildman–Crippen LogP) is 3.24. The van der Waals surface area contributed by atoms with Crippen LogP contribution < -0.4 is 29.6 Å². The van der Waals surface area contributed by atoms with Gasteiger partial charge >= 0.3 is 0 Å². The van der Waals surface area contributed by atoms with E-state index in [2.05, 4.69) is 84.5 Å². The first-order valence-electron chi connectivity index (χ1n) is 15.6. The highest BCUT2D eigenvalue weighted by molar-refractivity contribution is 5.71. The number of benzene rings is 2. The van der Waals surface area contributed by atoms with Crippen LogP contribution in [0.5, 0.6) is 5.75 Å². The molecule has 2 aromatic rings. The van der Waals surface area contributed by atoms with Gasteiger partial charge in [-0.3, -0.25) is 0 Å². The third-order valence-corrected chi connectivity index (χ3v) is 7.99. The van der Waals surface area contributed by atoms with Gasteiger partial charge in [0.2, 0.25) is 0 Å². The number of ether oxygens (including phenoxy) is 1. The molecule has 0 aliphatic heterocycles. The third kappa shape index (κ3) is 15.1. The zero-order valence-corrected chi connectivity index (χ0v) is 28.4. The van der Waals surface area contributed by atoms with Crippen LogP contribution in [0.1, 0.15) is 102 Å². The second kappa shape index (κ2) is 20.6. The van der Waals surface area contributed by atoms with Crippen molar-refractivity contribution in [2.24, 2.45) is 0 Å². The van der Waals surface area contributed by atoms with Crippen molar-refractivity contribution < 1.29 is 38.5 Å². The van der Waals surface area contributed by atoms with E-state index in [-0.39, 0.29) is 24.8 Å². The SMILES string of the molecule is CCCCCCCC[N+](C)(C)Cc1ccc(-c2ccc(C[N+](C)(C)CCCCCCCC)cc2OC)cc1.[Cl-].[Cl-]. The van der Waals surface area contributed by atoms with Gasteiger partial charge in [0, 0.05) is 16.7 Å². The van der Waals surface area contributed by atoms with Gasteiger partial charge in [0.1, 0.15) is 18.8 Å². The lowest BCUT2D eigenvalue weighted by molar-refractivity contribution is -0.903. The van der Waals surface area contributed by atoms with Gasteiger partial charge in [-0.25, -0.2) is 0 Å². The Labute approximate surface area is 260 Å². The van der Waals surface area contributed by atoms with Gasteiger partial charge in [-0.2, -0.15) is 0 Å². The summed E-state index contributed by atoms with van der Waals surface area (Å²) in [5.41, 5.74) is 5.19. The van der Waals surface area contributed by atoms with E-state index in [0.717, 1.165) is 27.8 Å². The average molecular weight is 596 g/mol. The Hall–Kier alpha value is -1.26. The molecule has 3 nitrogen and oxygen atoms in total. The molecule has 0 aromatic heterocycles. The molecule has 0 spiro atoms. The van der Waals surface area contributed by atoms with Crippen molar-refractivity contribution in [3.05, 3.63) is 53.6 Å². The first-order valence-corrected chi connectivity index (χ1v) is 15.6. The molecule has 0 heterocycles. The van der Waals surface area contributed by atoms with Crippen molar-refractivity contribution in [3.8, 4) is 16.9 Å². The molecule has 0 radical (unpaired) electrons. The van der Waals surface area contributed by atoms with E-state index < -0.39 is 0 Å². The topological polar surface area (TPSA) is 9.23 Å². The van der Waals surface area contributed by atoms with Crippen molar-refractivity contribution in [2.45, 2.75) is 104 Å². The van der Waals surface area contributed by atoms with Crippen LogP contribution in [0, 0.1) is 0 Å². The van der Waals surface area contributed by atoms with Crippen molar-refractivity contribution >= 4 is 0 Å². The van der Waals surface area contributed by atoms with Gasteiger partial charge < -0.3 is 38.5 Å². The van der Waals surface area contributed by atoms with E-state index in [1.54, 1.807) is 7.11 Å². The van der Waals surface area contributed by atoms with E-state index in [4.69, 9.17) is 4.74 Å². The summed E-state index contributed by atoms with van der Waals surface area (Å²) >= 11 is 0. The molecule has 0 atom stereocenters. The van der Waals surface area contributed by atoms with Crippen LogP contribution in [0.2, 0.25) is 0 Å². The number of rotatable bonds is 20. The molecule has 40 heavy (non-hydrogen) atoms. The second-order valence-electron chi connectivity index (χ2n) is 12.9. The Balaban J connectivity index is 0.00000760. The number of hydrogen-bond acceptors (Lipinski definition) is 1. The molecule has 0 saturated carbocycles. The molecule has 2 rings (SSSR count). The number of unbranched alkanes of at least 4 members (excludes halogenated alkanes) is 10. The Kier molecular flexibility index (Phi) is 19.9. The molecule has 0 N–H and O–H groups in total. The summed E-state index contributed by atoms with van der Waals surface area (Å²) in [6.45, 7) is 9.16. The molecular weight excluding hydrogens is 535 g/mol. The van der Waals surface area contributed by atoms with Crippen LogP contribution in [0.3, 0.4) is 0 Å². The number of quaternary nitrogens is 2. The maximum atomic E-state index is 5.87. The number of hydrogen-bond donors (Lipinski definition) is 0. The molecule has 230 valence electrons. The normalized spacial score (nSPS) is 11.6. The van der Waals surface area contributed by atoms with E-state index in [0.29, 0.717) is 0 Å². The highest BCUT2D eigenvalue weighted by Crippen LogP contribution is 2.32. The molecule has 0 amide bonds. The Bertz CT molecular complexity index is 912. The zero-order chi connectivity index (χ0) is 27.9. The summed E-state index contributed by atoms with van der Waals surface area (Å²) < 4.78 is 7.95.